The topological polar surface area (TPSA) is 160 Å². The lowest BCUT2D eigenvalue weighted by Crippen LogP contribution is -2.42. The smallest absolute Gasteiger partial charge is 0.0894 e. The summed E-state index contributed by atoms with van der Waals surface area (Å²) in [5.41, 5.74) is 15.9. The van der Waals surface area contributed by atoms with Crippen molar-refractivity contribution < 1.29 is 15.3 Å². The molecule has 0 aliphatic carbocycles. The van der Waals surface area contributed by atoms with E-state index in [1.807, 2.05) is 11.9 Å². The molecule has 166 valence electrons. The van der Waals surface area contributed by atoms with Crippen molar-refractivity contribution >= 4 is 0 Å². The van der Waals surface area contributed by atoms with Crippen LogP contribution in [-0.2, 0) is 0 Å². The number of aliphatic hydroxyl groups excluding tert-OH is 3. The highest BCUT2D eigenvalue weighted by Crippen LogP contribution is 1.99. The quantitative estimate of drug-likeness (QED) is 0.136. The van der Waals surface area contributed by atoms with Crippen LogP contribution in [0.15, 0.2) is 38.3 Å². The van der Waals surface area contributed by atoms with Crippen LogP contribution in [0, 0.1) is 0 Å². The Bertz CT molecular complexity index is 379. The SMILES string of the molecule is C=CN(CC(O)CN)CN(C=C)CC(O)CN.C=CN(CNC)CC(O)CN. The van der Waals surface area contributed by atoms with E-state index in [2.05, 4.69) is 25.1 Å². The molecule has 28 heavy (non-hydrogen) atoms. The van der Waals surface area contributed by atoms with Gasteiger partial charge in [-0.15, -0.1) is 0 Å². The molecule has 0 fully saturated rings. The normalized spacial score (nSPS) is 13.4. The van der Waals surface area contributed by atoms with Gasteiger partial charge in [-0.2, -0.15) is 0 Å². The summed E-state index contributed by atoms with van der Waals surface area (Å²) in [6.45, 7) is 14.1. The summed E-state index contributed by atoms with van der Waals surface area (Å²) in [6.07, 6.45) is 3.24. The first kappa shape index (κ1) is 28.5. The number of hydrogen-bond donors (Lipinski definition) is 7. The summed E-state index contributed by atoms with van der Waals surface area (Å²) in [5, 5.41) is 31.0. The lowest BCUT2D eigenvalue weighted by molar-refractivity contribution is 0.0919. The first-order chi connectivity index (χ1) is 13.3. The van der Waals surface area contributed by atoms with Gasteiger partial charge in [0.05, 0.1) is 31.6 Å². The summed E-state index contributed by atoms with van der Waals surface area (Å²) >= 11 is 0. The Morgan fingerprint density at radius 1 is 0.750 bits per heavy atom. The third-order valence-corrected chi connectivity index (χ3v) is 3.65. The Hall–Kier alpha value is -1.66. The van der Waals surface area contributed by atoms with E-state index in [0.717, 1.165) is 0 Å². The minimum atomic E-state index is -0.598. The molecule has 3 atom stereocenters. The first-order valence-corrected chi connectivity index (χ1v) is 9.20. The molecule has 0 spiro atoms. The molecule has 0 saturated heterocycles. The first-order valence-electron chi connectivity index (χ1n) is 9.20. The van der Waals surface area contributed by atoms with E-state index in [4.69, 9.17) is 22.3 Å². The lowest BCUT2D eigenvalue weighted by Gasteiger charge is -2.30. The highest BCUT2D eigenvalue weighted by Gasteiger charge is 2.11. The second kappa shape index (κ2) is 18.7. The molecule has 0 amide bonds. The van der Waals surface area contributed by atoms with E-state index in [0.29, 0.717) is 33.0 Å². The highest BCUT2D eigenvalue weighted by atomic mass is 16.3. The highest BCUT2D eigenvalue weighted by molar-refractivity contribution is 4.80. The van der Waals surface area contributed by atoms with Gasteiger partial charge in [-0.1, -0.05) is 19.7 Å². The van der Waals surface area contributed by atoms with Crippen molar-refractivity contribution in [1.82, 2.24) is 20.0 Å². The number of rotatable bonds is 16. The zero-order valence-electron chi connectivity index (χ0n) is 17.2. The summed E-state index contributed by atoms with van der Waals surface area (Å²) in [5.74, 6) is 0. The fraction of sp³-hybridized carbons (Fsp3) is 0.667. The van der Waals surface area contributed by atoms with E-state index in [9.17, 15) is 10.2 Å². The van der Waals surface area contributed by atoms with Crippen molar-refractivity contribution in [3.05, 3.63) is 38.3 Å². The minimum absolute atomic E-state index is 0.198. The summed E-state index contributed by atoms with van der Waals surface area (Å²) in [7, 11) is 1.84. The number of nitrogens with one attached hydrogen (secondary N) is 1. The van der Waals surface area contributed by atoms with Gasteiger partial charge >= 0.3 is 0 Å². The van der Waals surface area contributed by atoms with Gasteiger partial charge in [0, 0.05) is 39.3 Å². The van der Waals surface area contributed by atoms with Crippen LogP contribution >= 0.6 is 0 Å². The zero-order chi connectivity index (χ0) is 21.9. The molecular weight excluding hydrogens is 362 g/mol. The molecule has 0 aromatic rings. The Kier molecular flexibility index (Phi) is 19.1. The van der Waals surface area contributed by atoms with Crippen LogP contribution in [0.3, 0.4) is 0 Å². The van der Waals surface area contributed by atoms with Crippen LogP contribution in [0.2, 0.25) is 0 Å². The molecule has 10 nitrogen and oxygen atoms in total. The van der Waals surface area contributed by atoms with Gasteiger partial charge in [0.2, 0.25) is 0 Å². The van der Waals surface area contributed by atoms with Crippen molar-refractivity contribution in [2.24, 2.45) is 17.2 Å². The minimum Gasteiger partial charge on any atom is -0.390 e. The standard InChI is InChI=1S/C11H24N4O2.C7H17N3O/c1-3-14(7-10(16)5-12)9-15(4-2)8-11(17)6-13;1-3-10(6-9-2)5-7(11)4-8/h3-4,10-11,16-17H,1-2,5-9,12-13H2;3,7,9,11H,1,4-6,8H2,2H3. The van der Waals surface area contributed by atoms with Crippen molar-refractivity contribution in [1.29, 1.82) is 0 Å². The van der Waals surface area contributed by atoms with E-state index >= 15 is 0 Å². The Morgan fingerprint density at radius 2 is 1.07 bits per heavy atom. The van der Waals surface area contributed by atoms with E-state index in [-0.39, 0.29) is 19.6 Å². The zero-order valence-corrected chi connectivity index (χ0v) is 17.2. The van der Waals surface area contributed by atoms with Crippen LogP contribution < -0.4 is 22.5 Å². The fourth-order valence-corrected chi connectivity index (χ4v) is 2.06. The predicted molar refractivity (Wildman–Crippen MR) is 115 cm³/mol. The van der Waals surface area contributed by atoms with Crippen LogP contribution in [0.25, 0.3) is 0 Å². The Morgan fingerprint density at radius 3 is 1.32 bits per heavy atom. The van der Waals surface area contributed by atoms with Gasteiger partial charge in [0.15, 0.2) is 0 Å². The van der Waals surface area contributed by atoms with Crippen LogP contribution in [0.4, 0.5) is 0 Å². The Labute approximate surface area is 169 Å². The molecule has 0 aliphatic rings. The third-order valence-electron chi connectivity index (χ3n) is 3.65. The molecule has 0 heterocycles. The molecule has 0 radical (unpaired) electrons. The van der Waals surface area contributed by atoms with Gasteiger partial charge in [-0.3, -0.25) is 0 Å². The molecule has 0 aromatic carbocycles. The van der Waals surface area contributed by atoms with Gasteiger partial charge in [-0.25, -0.2) is 0 Å². The second-order valence-corrected chi connectivity index (χ2v) is 6.18. The molecule has 0 aromatic heterocycles. The summed E-state index contributed by atoms with van der Waals surface area (Å²) in [6, 6.07) is 0. The van der Waals surface area contributed by atoms with Gasteiger partial charge in [0.1, 0.15) is 0 Å². The lowest BCUT2D eigenvalue weighted by atomic mass is 10.3. The third kappa shape index (κ3) is 15.4. The van der Waals surface area contributed by atoms with Crippen molar-refractivity contribution in [2.75, 3.05) is 59.7 Å². The largest absolute Gasteiger partial charge is 0.390 e. The summed E-state index contributed by atoms with van der Waals surface area (Å²) < 4.78 is 0. The van der Waals surface area contributed by atoms with E-state index in [1.165, 1.54) is 0 Å². The monoisotopic (exact) mass is 403 g/mol. The number of nitrogens with zero attached hydrogens (tertiary/aromatic N) is 3. The van der Waals surface area contributed by atoms with Gasteiger partial charge in [0.25, 0.3) is 0 Å². The molecular formula is C18H41N7O3. The van der Waals surface area contributed by atoms with Crippen molar-refractivity contribution in [3.8, 4) is 0 Å². The summed E-state index contributed by atoms with van der Waals surface area (Å²) in [4.78, 5) is 5.45. The number of hydrogen-bond acceptors (Lipinski definition) is 10. The van der Waals surface area contributed by atoms with Gasteiger partial charge < -0.3 is 52.5 Å². The van der Waals surface area contributed by atoms with Crippen LogP contribution in [0.1, 0.15) is 0 Å². The molecule has 0 bridgehead atoms. The maximum atomic E-state index is 9.44. The predicted octanol–water partition coefficient (Wildman–Crippen LogP) is -2.60. The molecule has 10 N–H and O–H groups in total. The molecule has 3 unspecified atom stereocenters. The molecule has 0 rings (SSSR count). The maximum absolute atomic E-state index is 9.44. The van der Waals surface area contributed by atoms with Crippen LogP contribution in [0.5, 0.6) is 0 Å². The molecule has 0 aliphatic heterocycles. The van der Waals surface area contributed by atoms with Gasteiger partial charge in [-0.05, 0) is 25.6 Å². The van der Waals surface area contributed by atoms with Crippen LogP contribution in [-0.4, -0.2) is 108 Å². The average Bonchev–Trinajstić information content (AvgIpc) is 2.71. The number of aliphatic hydroxyl groups is 3. The van der Waals surface area contributed by atoms with E-state index < -0.39 is 18.3 Å². The Balaban J connectivity index is 0. The molecule has 0 saturated carbocycles. The maximum Gasteiger partial charge on any atom is 0.0894 e. The molecule has 10 heteroatoms. The van der Waals surface area contributed by atoms with Crippen molar-refractivity contribution in [2.45, 2.75) is 18.3 Å². The average molecular weight is 404 g/mol. The number of nitrogens with two attached hydrogens (primary N) is 3. The van der Waals surface area contributed by atoms with Crippen molar-refractivity contribution in [3.63, 3.8) is 0 Å². The van der Waals surface area contributed by atoms with E-state index in [1.54, 1.807) is 28.4 Å². The fourth-order valence-electron chi connectivity index (χ4n) is 2.06. The second-order valence-electron chi connectivity index (χ2n) is 6.18.